The molecule has 3 aliphatic carbocycles. The summed E-state index contributed by atoms with van der Waals surface area (Å²) >= 11 is 0. The predicted molar refractivity (Wildman–Crippen MR) is 123 cm³/mol. The number of hydrogen-bond donors (Lipinski definition) is 2. The van der Waals surface area contributed by atoms with Gasteiger partial charge in [0.2, 0.25) is 0 Å². The van der Waals surface area contributed by atoms with E-state index in [0.717, 1.165) is 37.5 Å². The summed E-state index contributed by atoms with van der Waals surface area (Å²) in [6.45, 7) is 10.9. The molecule has 3 saturated carbocycles. The lowest BCUT2D eigenvalue weighted by molar-refractivity contribution is 0.0832. The van der Waals surface area contributed by atoms with E-state index in [9.17, 15) is 10.2 Å². The second kappa shape index (κ2) is 9.10. The Kier molecular flexibility index (Phi) is 7.16. The molecule has 164 valence electrons. The van der Waals surface area contributed by atoms with E-state index < -0.39 is 5.60 Å². The van der Waals surface area contributed by atoms with Crippen LogP contribution in [0.25, 0.3) is 0 Å². The van der Waals surface area contributed by atoms with Gasteiger partial charge in [-0.15, -0.1) is 0 Å². The fraction of sp³-hybridized carbons (Fsp3) is 0.778. The topological polar surface area (TPSA) is 40.5 Å². The molecule has 2 N–H and O–H groups in total. The minimum Gasteiger partial charge on any atom is -0.393 e. The van der Waals surface area contributed by atoms with Crippen molar-refractivity contribution in [2.45, 2.75) is 104 Å². The summed E-state index contributed by atoms with van der Waals surface area (Å²) in [4.78, 5) is 0. The maximum absolute atomic E-state index is 10.2. The number of aliphatic hydroxyl groups is 2. The zero-order valence-electron chi connectivity index (χ0n) is 19.5. The molecular formula is C27H44O2. The van der Waals surface area contributed by atoms with Gasteiger partial charge in [-0.05, 0) is 101 Å². The van der Waals surface area contributed by atoms with Gasteiger partial charge in [-0.3, -0.25) is 0 Å². The molecule has 2 nitrogen and oxygen atoms in total. The third kappa shape index (κ3) is 5.44. The molecule has 3 rings (SSSR count). The Labute approximate surface area is 179 Å². The molecule has 0 bridgehead atoms. The molecule has 0 radical (unpaired) electrons. The average Bonchev–Trinajstić information content (AvgIpc) is 2.99. The van der Waals surface area contributed by atoms with Crippen LogP contribution >= 0.6 is 0 Å². The largest absolute Gasteiger partial charge is 0.393 e. The van der Waals surface area contributed by atoms with Gasteiger partial charge in [0.05, 0.1) is 11.7 Å². The van der Waals surface area contributed by atoms with Crippen molar-refractivity contribution in [2.75, 3.05) is 0 Å². The van der Waals surface area contributed by atoms with Crippen molar-refractivity contribution in [1.29, 1.82) is 0 Å². The molecule has 0 amide bonds. The van der Waals surface area contributed by atoms with Crippen LogP contribution in [0.3, 0.4) is 0 Å². The Hall–Kier alpha value is -0.860. The number of aliphatic hydroxyl groups excluding tert-OH is 1. The highest BCUT2D eigenvalue weighted by atomic mass is 16.3. The second-order valence-corrected chi connectivity index (χ2v) is 11.3. The Balaban J connectivity index is 1.69. The van der Waals surface area contributed by atoms with Crippen LogP contribution < -0.4 is 0 Å². The van der Waals surface area contributed by atoms with Crippen molar-refractivity contribution >= 4 is 0 Å². The average molecular weight is 401 g/mol. The van der Waals surface area contributed by atoms with Crippen molar-refractivity contribution in [1.82, 2.24) is 0 Å². The SMILES string of the molecule is CC1CC/C(=C/C=C2\CCCC3(C)C2CCC3[C@H](C)/C=C/CC(C)(C)O)CC1O. The quantitative estimate of drug-likeness (QED) is 0.511. The third-order valence-corrected chi connectivity index (χ3v) is 8.31. The molecule has 0 saturated heterocycles. The fourth-order valence-electron chi connectivity index (χ4n) is 6.40. The summed E-state index contributed by atoms with van der Waals surface area (Å²) in [7, 11) is 0. The number of rotatable bonds is 5. The van der Waals surface area contributed by atoms with E-state index in [0.29, 0.717) is 17.3 Å². The van der Waals surface area contributed by atoms with E-state index in [1.165, 1.54) is 37.7 Å². The molecule has 0 aromatic carbocycles. The minimum atomic E-state index is -0.614. The highest BCUT2D eigenvalue weighted by molar-refractivity contribution is 5.26. The van der Waals surface area contributed by atoms with Gasteiger partial charge >= 0.3 is 0 Å². The normalized spacial score (nSPS) is 40.0. The molecule has 5 unspecified atom stereocenters. The Morgan fingerprint density at radius 1 is 1.17 bits per heavy atom. The Bertz CT molecular complexity index is 650. The molecule has 2 heteroatoms. The van der Waals surface area contributed by atoms with Crippen LogP contribution in [0.4, 0.5) is 0 Å². The lowest BCUT2D eigenvalue weighted by Gasteiger charge is -2.44. The summed E-state index contributed by atoms with van der Waals surface area (Å²) in [5.74, 6) is 2.47. The predicted octanol–water partition coefficient (Wildman–Crippen LogP) is 6.59. The standard InChI is InChI=1S/C27H44O2/c1-19(8-6-16-26(3,4)29)23-14-15-24-22(9-7-17-27(23,24)5)13-12-21-11-10-20(2)25(28)18-21/h6,8,12-13,19-20,23-25,28-29H,7,9-11,14-18H2,1-5H3/b8-6+,21-12-,22-13+/t19-,20?,23?,24?,25?,27?/m1/s1. The zero-order valence-corrected chi connectivity index (χ0v) is 19.5. The van der Waals surface area contributed by atoms with Crippen molar-refractivity contribution < 1.29 is 10.2 Å². The molecule has 29 heavy (non-hydrogen) atoms. The molecule has 3 aliphatic rings. The van der Waals surface area contributed by atoms with Crippen LogP contribution in [-0.2, 0) is 0 Å². The van der Waals surface area contributed by atoms with Crippen LogP contribution in [0.5, 0.6) is 0 Å². The van der Waals surface area contributed by atoms with E-state index in [4.69, 9.17) is 0 Å². The van der Waals surface area contributed by atoms with Crippen LogP contribution in [0.15, 0.2) is 35.5 Å². The number of hydrogen-bond acceptors (Lipinski definition) is 2. The van der Waals surface area contributed by atoms with Gasteiger partial charge in [0.1, 0.15) is 0 Å². The first kappa shape index (κ1) is 22.8. The number of allylic oxidation sites excluding steroid dienone is 4. The van der Waals surface area contributed by atoms with Crippen molar-refractivity contribution in [3.8, 4) is 0 Å². The highest BCUT2D eigenvalue weighted by Gasteiger charge is 2.50. The minimum absolute atomic E-state index is 0.155. The maximum atomic E-state index is 10.2. The molecule has 3 fully saturated rings. The summed E-state index contributed by atoms with van der Waals surface area (Å²) < 4.78 is 0. The lowest BCUT2D eigenvalue weighted by Crippen LogP contribution is -2.35. The molecule has 6 atom stereocenters. The van der Waals surface area contributed by atoms with Crippen LogP contribution in [0.2, 0.25) is 0 Å². The number of fused-ring (bicyclic) bond motifs is 1. The van der Waals surface area contributed by atoms with E-state index in [1.807, 2.05) is 13.8 Å². The van der Waals surface area contributed by atoms with Crippen molar-refractivity contribution in [2.24, 2.45) is 29.1 Å². The molecule has 0 aromatic rings. The van der Waals surface area contributed by atoms with Crippen LogP contribution in [0, 0.1) is 29.1 Å². The first-order valence-electron chi connectivity index (χ1n) is 12.1. The van der Waals surface area contributed by atoms with Gasteiger partial charge in [-0.1, -0.05) is 56.2 Å². The van der Waals surface area contributed by atoms with Crippen molar-refractivity contribution in [3.63, 3.8) is 0 Å². The van der Waals surface area contributed by atoms with Gasteiger partial charge in [0.25, 0.3) is 0 Å². The Morgan fingerprint density at radius 3 is 2.62 bits per heavy atom. The van der Waals surface area contributed by atoms with E-state index in [-0.39, 0.29) is 6.10 Å². The van der Waals surface area contributed by atoms with Gasteiger partial charge < -0.3 is 10.2 Å². The Morgan fingerprint density at radius 2 is 1.93 bits per heavy atom. The summed E-state index contributed by atoms with van der Waals surface area (Å²) in [6.07, 6.45) is 19.6. The first-order chi connectivity index (χ1) is 13.6. The van der Waals surface area contributed by atoms with E-state index in [2.05, 4.69) is 45.1 Å². The van der Waals surface area contributed by atoms with E-state index >= 15 is 0 Å². The van der Waals surface area contributed by atoms with Crippen LogP contribution in [-0.4, -0.2) is 21.9 Å². The summed E-state index contributed by atoms with van der Waals surface area (Å²) in [5, 5.41) is 20.2. The highest BCUT2D eigenvalue weighted by Crippen LogP contribution is 2.59. The monoisotopic (exact) mass is 400 g/mol. The molecular weight excluding hydrogens is 356 g/mol. The van der Waals surface area contributed by atoms with Gasteiger partial charge in [-0.2, -0.15) is 0 Å². The first-order valence-corrected chi connectivity index (χ1v) is 12.1. The van der Waals surface area contributed by atoms with E-state index in [1.54, 1.807) is 5.57 Å². The van der Waals surface area contributed by atoms with Gasteiger partial charge in [-0.25, -0.2) is 0 Å². The van der Waals surface area contributed by atoms with Gasteiger partial charge in [0, 0.05) is 0 Å². The molecule has 0 aromatic heterocycles. The van der Waals surface area contributed by atoms with Crippen LogP contribution in [0.1, 0.15) is 92.4 Å². The third-order valence-electron chi connectivity index (χ3n) is 8.31. The second-order valence-electron chi connectivity index (χ2n) is 11.3. The smallest absolute Gasteiger partial charge is 0.0626 e. The lowest BCUT2D eigenvalue weighted by atomic mass is 9.61. The zero-order chi connectivity index (χ0) is 21.2. The van der Waals surface area contributed by atoms with Gasteiger partial charge in [0.15, 0.2) is 0 Å². The molecule has 0 aliphatic heterocycles. The molecule has 0 spiro atoms. The molecule has 0 heterocycles. The maximum Gasteiger partial charge on any atom is 0.0626 e. The van der Waals surface area contributed by atoms with Crippen molar-refractivity contribution in [3.05, 3.63) is 35.5 Å². The summed E-state index contributed by atoms with van der Waals surface area (Å²) in [5.41, 5.74) is 2.89. The fourth-order valence-corrected chi connectivity index (χ4v) is 6.40. The summed E-state index contributed by atoms with van der Waals surface area (Å²) in [6, 6.07) is 0.